The van der Waals surface area contributed by atoms with Crippen molar-refractivity contribution in [2.75, 3.05) is 12.5 Å². The molecule has 8 bridgehead atoms. The van der Waals surface area contributed by atoms with Crippen molar-refractivity contribution in [2.45, 2.75) is 9.79 Å². The average molecular weight is 685 g/mol. The predicted octanol–water partition coefficient (Wildman–Crippen LogP) is 12.1. The zero-order chi connectivity index (χ0) is 34.6. The minimum Gasteiger partial charge on any atom is -0.308 e. The first-order valence-electron chi connectivity index (χ1n) is 17.6. The van der Waals surface area contributed by atoms with Crippen LogP contribution in [0.25, 0.3) is 95.0 Å². The molecule has 0 N–H and O–H groups in total. The molecule has 0 spiro atoms. The van der Waals surface area contributed by atoms with Crippen LogP contribution in [0.1, 0.15) is 0 Å². The summed E-state index contributed by atoms with van der Waals surface area (Å²) in [4.78, 5) is 18.5. The first-order valence-corrected chi connectivity index (χ1v) is 20.0. The van der Waals surface area contributed by atoms with Gasteiger partial charge in [0.15, 0.2) is 17.5 Å². The molecule has 0 amide bonds. The first kappa shape index (κ1) is 29.4. The van der Waals surface area contributed by atoms with E-state index in [1.807, 2.05) is 6.07 Å². The van der Waals surface area contributed by atoms with Gasteiger partial charge in [-0.25, -0.2) is 15.0 Å². The van der Waals surface area contributed by atoms with Crippen molar-refractivity contribution in [3.8, 4) is 73.2 Å². The van der Waals surface area contributed by atoms with E-state index < -0.39 is 10.0 Å². The Morgan fingerprint density at radius 1 is 0.404 bits per heavy atom. The molecule has 246 valence electrons. The van der Waals surface area contributed by atoms with Crippen LogP contribution in [0.2, 0.25) is 0 Å². The lowest BCUT2D eigenvalue weighted by molar-refractivity contribution is 1.07. The second-order valence-electron chi connectivity index (χ2n) is 14.1. The largest absolute Gasteiger partial charge is 0.308 e. The number of rotatable bonds is 2. The molecule has 2 aliphatic heterocycles. The Morgan fingerprint density at radius 3 is 1.85 bits per heavy atom. The predicted molar refractivity (Wildman–Crippen MR) is 216 cm³/mol. The van der Waals surface area contributed by atoms with Crippen LogP contribution >= 0.6 is 10.0 Å². The maximum Gasteiger partial charge on any atom is 0.165 e. The molecule has 4 heterocycles. The number of fused-ring (bicyclic) bond motifs is 14. The molecule has 11 rings (SSSR count). The smallest absolute Gasteiger partial charge is 0.165 e. The Kier molecular flexibility index (Phi) is 6.14. The van der Waals surface area contributed by atoms with Gasteiger partial charge in [0, 0.05) is 42.9 Å². The lowest BCUT2D eigenvalue weighted by atomic mass is 10.00. The van der Waals surface area contributed by atoms with E-state index in [9.17, 15) is 0 Å². The molecule has 0 fully saturated rings. The number of aromatic nitrogens is 4. The van der Waals surface area contributed by atoms with E-state index in [2.05, 4.69) is 169 Å². The van der Waals surface area contributed by atoms with Crippen molar-refractivity contribution in [1.29, 1.82) is 0 Å². The van der Waals surface area contributed by atoms with Crippen LogP contribution in [0, 0.1) is 0 Å². The van der Waals surface area contributed by atoms with E-state index >= 15 is 0 Å². The highest BCUT2D eigenvalue weighted by Gasteiger charge is 2.38. The summed E-state index contributed by atoms with van der Waals surface area (Å²) in [5, 5.41) is 2.55. The Morgan fingerprint density at radius 2 is 1.00 bits per heavy atom. The topological polar surface area (TPSA) is 43.6 Å². The summed E-state index contributed by atoms with van der Waals surface area (Å²) in [5.74, 6) is 2.04. The number of benzene rings is 7. The maximum atomic E-state index is 5.30. The third kappa shape index (κ3) is 4.20. The highest BCUT2D eigenvalue weighted by atomic mass is 32.3. The van der Waals surface area contributed by atoms with Crippen LogP contribution in [0.4, 0.5) is 0 Å². The molecule has 9 aromatic rings. The first-order chi connectivity index (χ1) is 25.5. The highest BCUT2D eigenvalue weighted by molar-refractivity contribution is 8.33. The average Bonchev–Trinajstić information content (AvgIpc) is 3.66. The number of hydrogen-bond donors (Lipinski definition) is 0. The zero-order valence-electron chi connectivity index (χ0n) is 28.7. The molecule has 0 saturated carbocycles. The summed E-state index contributed by atoms with van der Waals surface area (Å²) in [5.41, 5.74) is 13.8. The second kappa shape index (κ2) is 10.8. The molecule has 0 saturated heterocycles. The van der Waals surface area contributed by atoms with Crippen molar-refractivity contribution in [2.24, 2.45) is 0 Å². The van der Waals surface area contributed by atoms with Gasteiger partial charge >= 0.3 is 0 Å². The van der Waals surface area contributed by atoms with E-state index in [0.29, 0.717) is 17.5 Å². The van der Waals surface area contributed by atoms with Crippen LogP contribution < -0.4 is 0 Å². The Bertz CT molecular complexity index is 2920. The summed E-state index contributed by atoms with van der Waals surface area (Å²) in [6.45, 7) is 0. The molecule has 0 radical (unpaired) electrons. The van der Waals surface area contributed by atoms with Gasteiger partial charge in [0.1, 0.15) is 0 Å². The minimum absolute atomic E-state index is 0.666. The van der Waals surface area contributed by atoms with Gasteiger partial charge in [-0.1, -0.05) is 133 Å². The van der Waals surface area contributed by atoms with Gasteiger partial charge in [-0.05, 0) is 70.2 Å². The van der Waals surface area contributed by atoms with Crippen LogP contribution in [-0.2, 0) is 0 Å². The summed E-state index contributed by atoms with van der Waals surface area (Å²) in [6.07, 6.45) is 4.90. The van der Waals surface area contributed by atoms with E-state index in [4.69, 9.17) is 15.0 Å². The normalized spacial score (nSPS) is 14.0. The molecule has 0 aliphatic carbocycles. The standard InChI is InChI=1S/C47H32N4S/c1-52(2)43-38-18-10-19-40(43)47-49-45(31-23-21-30(22-24-31)29-11-4-3-5-12-29)48-46(50-47)34-15-8-13-32(27-34)33-14-9-16-35(28-33)51-41-20-7-6-17-36(41)37-25-26-39(38)44(52)42(37)51/h3-28H,1-2H3. The summed E-state index contributed by atoms with van der Waals surface area (Å²) in [6, 6.07) is 56.8. The Labute approximate surface area is 303 Å². The molecule has 0 atom stereocenters. The summed E-state index contributed by atoms with van der Waals surface area (Å²) < 4.78 is 2.51. The van der Waals surface area contributed by atoms with Crippen LogP contribution in [0.3, 0.4) is 0 Å². The van der Waals surface area contributed by atoms with Crippen molar-refractivity contribution in [3.63, 3.8) is 0 Å². The molecular weight excluding hydrogens is 653 g/mol. The van der Waals surface area contributed by atoms with Gasteiger partial charge in [0.05, 0.1) is 11.0 Å². The Balaban J connectivity index is 1.23. The number of nitrogens with zero attached hydrogens (tertiary/aromatic N) is 4. The van der Waals surface area contributed by atoms with Gasteiger partial charge in [-0.3, -0.25) is 0 Å². The quantitative estimate of drug-likeness (QED) is 0.182. The van der Waals surface area contributed by atoms with Crippen LogP contribution in [-0.4, -0.2) is 32.0 Å². The van der Waals surface area contributed by atoms with E-state index in [0.717, 1.165) is 39.1 Å². The number of hydrogen-bond acceptors (Lipinski definition) is 3. The fourth-order valence-corrected chi connectivity index (χ4v) is 11.5. The zero-order valence-corrected chi connectivity index (χ0v) is 29.5. The molecular formula is C47H32N4S. The SMILES string of the molecule is CS1(C)c2c3cccc2-c2ccc4c5ccccc5n(c4c21)-c1cccc(c1)-c1cccc(c1)-c1nc(-c2ccc(-c4ccccc4)cc2)nc-3n1. The van der Waals surface area contributed by atoms with Gasteiger partial charge in [-0.2, -0.15) is 10.0 Å². The lowest BCUT2D eigenvalue weighted by Gasteiger charge is -2.31. The molecule has 7 aromatic carbocycles. The molecule has 0 unspecified atom stereocenters. The fraction of sp³-hybridized carbons (Fsp3) is 0.0426. The lowest BCUT2D eigenvalue weighted by Crippen LogP contribution is -2.03. The third-order valence-corrected chi connectivity index (χ3v) is 13.7. The summed E-state index contributed by atoms with van der Waals surface area (Å²) >= 11 is 0. The van der Waals surface area contributed by atoms with Crippen molar-refractivity contribution in [3.05, 3.63) is 158 Å². The van der Waals surface area contributed by atoms with Crippen molar-refractivity contribution < 1.29 is 0 Å². The molecule has 5 heteroatoms. The van der Waals surface area contributed by atoms with Gasteiger partial charge in [0.25, 0.3) is 0 Å². The second-order valence-corrected chi connectivity index (χ2v) is 17.6. The van der Waals surface area contributed by atoms with Crippen molar-refractivity contribution in [1.82, 2.24) is 19.5 Å². The fourth-order valence-electron chi connectivity index (χ4n) is 8.46. The molecule has 4 nitrogen and oxygen atoms in total. The molecule has 2 aromatic heterocycles. The van der Waals surface area contributed by atoms with E-state index in [-0.39, 0.29) is 0 Å². The van der Waals surface area contributed by atoms with E-state index in [1.165, 1.54) is 48.3 Å². The third-order valence-electron chi connectivity index (χ3n) is 10.8. The molecule has 52 heavy (non-hydrogen) atoms. The monoisotopic (exact) mass is 684 g/mol. The molecule has 2 aliphatic rings. The van der Waals surface area contributed by atoms with E-state index in [1.54, 1.807) is 0 Å². The number of para-hydroxylation sites is 1. The minimum atomic E-state index is -1.55. The summed E-state index contributed by atoms with van der Waals surface area (Å²) in [7, 11) is -1.55. The Hall–Kier alpha value is -6.30. The van der Waals surface area contributed by atoms with Gasteiger partial charge in [-0.15, -0.1) is 0 Å². The van der Waals surface area contributed by atoms with Gasteiger partial charge in [0.2, 0.25) is 0 Å². The van der Waals surface area contributed by atoms with Crippen LogP contribution in [0.15, 0.2) is 168 Å². The van der Waals surface area contributed by atoms with Gasteiger partial charge < -0.3 is 4.57 Å². The van der Waals surface area contributed by atoms with Crippen molar-refractivity contribution >= 4 is 31.8 Å². The van der Waals surface area contributed by atoms with Crippen LogP contribution in [0.5, 0.6) is 0 Å². The maximum absolute atomic E-state index is 5.30. The highest BCUT2D eigenvalue weighted by Crippen LogP contribution is 2.71.